The molecule has 2 heterocycles. The predicted octanol–water partition coefficient (Wildman–Crippen LogP) is 2.08. The van der Waals surface area contributed by atoms with Crippen LogP contribution in [-0.4, -0.2) is 59.6 Å². The average Bonchev–Trinajstić information content (AvgIpc) is 2.63. The van der Waals surface area contributed by atoms with Crippen LogP contribution >= 0.6 is 0 Å². The first kappa shape index (κ1) is 16.4. The van der Waals surface area contributed by atoms with Gasteiger partial charge in [-0.15, -0.1) is 0 Å². The molecule has 1 aliphatic carbocycles. The van der Waals surface area contributed by atoms with Gasteiger partial charge in [-0.3, -0.25) is 14.7 Å². The second-order valence-electron chi connectivity index (χ2n) is 6.51. The van der Waals surface area contributed by atoms with Crippen LogP contribution in [0.3, 0.4) is 0 Å². The maximum atomic E-state index is 12.6. The molecule has 0 unspecified atom stereocenters. The van der Waals surface area contributed by atoms with Gasteiger partial charge in [0.05, 0.1) is 25.5 Å². The summed E-state index contributed by atoms with van der Waals surface area (Å²) < 4.78 is 5.35. The highest BCUT2D eigenvalue weighted by Gasteiger charge is 2.26. The van der Waals surface area contributed by atoms with Crippen LogP contribution in [0.15, 0.2) is 24.4 Å². The Balaban J connectivity index is 1.65. The van der Waals surface area contributed by atoms with Crippen LogP contribution in [0.2, 0.25) is 0 Å². The Morgan fingerprint density at radius 1 is 1.22 bits per heavy atom. The molecule has 0 atom stereocenters. The minimum Gasteiger partial charge on any atom is -0.378 e. The van der Waals surface area contributed by atoms with E-state index in [-0.39, 0.29) is 5.91 Å². The van der Waals surface area contributed by atoms with Gasteiger partial charge in [-0.25, -0.2) is 0 Å². The molecule has 0 spiro atoms. The summed E-state index contributed by atoms with van der Waals surface area (Å²) in [6, 6.07) is 6.52. The van der Waals surface area contributed by atoms with Gasteiger partial charge < -0.3 is 9.64 Å². The van der Waals surface area contributed by atoms with Gasteiger partial charge in [-0.1, -0.05) is 25.3 Å². The van der Waals surface area contributed by atoms with E-state index in [9.17, 15) is 4.79 Å². The lowest BCUT2D eigenvalue weighted by molar-refractivity contribution is -0.137. The summed E-state index contributed by atoms with van der Waals surface area (Å²) in [7, 11) is 0. The van der Waals surface area contributed by atoms with Gasteiger partial charge in [0.2, 0.25) is 5.91 Å². The number of rotatable bonds is 5. The van der Waals surface area contributed by atoms with E-state index in [2.05, 4.69) is 16.0 Å². The minimum absolute atomic E-state index is 0.231. The van der Waals surface area contributed by atoms with Crippen molar-refractivity contribution in [3.05, 3.63) is 30.1 Å². The van der Waals surface area contributed by atoms with Crippen LogP contribution in [0, 0.1) is 0 Å². The molecule has 1 amide bonds. The molecule has 0 N–H and O–H groups in total. The maximum Gasteiger partial charge on any atom is 0.236 e. The number of ether oxygens (including phenoxy) is 1. The van der Waals surface area contributed by atoms with Crippen LogP contribution in [0.1, 0.15) is 37.8 Å². The number of nitrogens with zero attached hydrogens (tertiary/aromatic N) is 3. The molecule has 0 radical (unpaired) electrons. The standard InChI is InChI=1S/C18H27N3O2/c22-18(20-10-12-23-13-11-20)15-21(17-7-2-1-3-8-17)14-16-6-4-5-9-19-16/h4-6,9,17H,1-3,7-8,10-15H2. The van der Waals surface area contributed by atoms with Crippen LogP contribution in [-0.2, 0) is 16.1 Å². The van der Waals surface area contributed by atoms with Gasteiger partial charge >= 0.3 is 0 Å². The first-order valence-corrected chi connectivity index (χ1v) is 8.82. The van der Waals surface area contributed by atoms with Gasteiger partial charge in [-0.05, 0) is 25.0 Å². The van der Waals surface area contributed by atoms with Crippen LogP contribution in [0.5, 0.6) is 0 Å². The number of morpholine rings is 1. The number of hydrogen-bond donors (Lipinski definition) is 0. The number of pyridine rings is 1. The molecule has 1 aromatic heterocycles. The number of carbonyl (C=O) groups excluding carboxylic acids is 1. The molecule has 1 saturated carbocycles. The summed E-state index contributed by atoms with van der Waals surface area (Å²) in [4.78, 5) is 21.4. The van der Waals surface area contributed by atoms with Crippen molar-refractivity contribution in [2.75, 3.05) is 32.8 Å². The fourth-order valence-corrected chi connectivity index (χ4v) is 3.55. The van der Waals surface area contributed by atoms with E-state index >= 15 is 0 Å². The van der Waals surface area contributed by atoms with Crippen molar-refractivity contribution < 1.29 is 9.53 Å². The van der Waals surface area contributed by atoms with Crippen LogP contribution < -0.4 is 0 Å². The maximum absolute atomic E-state index is 12.6. The van der Waals surface area contributed by atoms with Gasteiger partial charge in [0.25, 0.3) is 0 Å². The molecule has 5 nitrogen and oxygen atoms in total. The second kappa shape index (κ2) is 8.41. The topological polar surface area (TPSA) is 45.7 Å². The summed E-state index contributed by atoms with van der Waals surface area (Å²) >= 11 is 0. The smallest absolute Gasteiger partial charge is 0.236 e. The summed E-state index contributed by atoms with van der Waals surface area (Å²) in [5, 5.41) is 0. The van der Waals surface area contributed by atoms with Crippen molar-refractivity contribution in [2.24, 2.45) is 0 Å². The van der Waals surface area contributed by atoms with E-state index in [1.165, 1.54) is 32.1 Å². The Labute approximate surface area is 138 Å². The summed E-state index contributed by atoms with van der Waals surface area (Å²) in [6.07, 6.45) is 8.10. The highest BCUT2D eigenvalue weighted by molar-refractivity contribution is 5.78. The highest BCUT2D eigenvalue weighted by Crippen LogP contribution is 2.24. The van der Waals surface area contributed by atoms with E-state index in [1.54, 1.807) is 0 Å². The lowest BCUT2D eigenvalue weighted by Crippen LogP contribution is -2.48. The van der Waals surface area contributed by atoms with Crippen molar-refractivity contribution in [2.45, 2.75) is 44.7 Å². The molecule has 1 aromatic rings. The van der Waals surface area contributed by atoms with Crippen molar-refractivity contribution >= 4 is 5.91 Å². The summed E-state index contributed by atoms with van der Waals surface area (Å²) in [6.45, 7) is 4.04. The van der Waals surface area contributed by atoms with E-state index in [0.717, 1.165) is 25.3 Å². The zero-order valence-electron chi connectivity index (χ0n) is 13.8. The van der Waals surface area contributed by atoms with Crippen molar-refractivity contribution in [3.8, 4) is 0 Å². The number of amides is 1. The number of hydrogen-bond acceptors (Lipinski definition) is 4. The van der Waals surface area contributed by atoms with Gasteiger partial charge in [0.1, 0.15) is 0 Å². The predicted molar refractivity (Wildman–Crippen MR) is 88.9 cm³/mol. The Hall–Kier alpha value is -1.46. The quantitative estimate of drug-likeness (QED) is 0.834. The first-order valence-electron chi connectivity index (χ1n) is 8.82. The number of carbonyl (C=O) groups is 1. The van der Waals surface area contributed by atoms with Crippen LogP contribution in [0.4, 0.5) is 0 Å². The minimum atomic E-state index is 0.231. The zero-order chi connectivity index (χ0) is 15.9. The highest BCUT2D eigenvalue weighted by atomic mass is 16.5. The van der Waals surface area contributed by atoms with E-state index in [4.69, 9.17) is 4.74 Å². The third kappa shape index (κ3) is 4.75. The molecule has 2 aliphatic rings. The van der Waals surface area contributed by atoms with E-state index < -0.39 is 0 Å². The normalized spacial score (nSPS) is 20.0. The molecule has 126 valence electrons. The largest absolute Gasteiger partial charge is 0.378 e. The zero-order valence-corrected chi connectivity index (χ0v) is 13.8. The fraction of sp³-hybridized carbons (Fsp3) is 0.667. The van der Waals surface area contributed by atoms with Gasteiger partial charge in [0.15, 0.2) is 0 Å². The van der Waals surface area contributed by atoms with Gasteiger partial charge in [-0.2, -0.15) is 0 Å². The lowest BCUT2D eigenvalue weighted by Gasteiger charge is -2.36. The molecule has 2 fully saturated rings. The molecule has 1 aliphatic heterocycles. The SMILES string of the molecule is O=C(CN(Cc1ccccn1)C1CCCCC1)N1CCOCC1. The van der Waals surface area contributed by atoms with E-state index in [0.29, 0.717) is 25.8 Å². The summed E-state index contributed by atoms with van der Waals surface area (Å²) in [5.74, 6) is 0.231. The molecule has 1 saturated heterocycles. The van der Waals surface area contributed by atoms with E-state index in [1.807, 2.05) is 23.2 Å². The molecule has 23 heavy (non-hydrogen) atoms. The van der Waals surface area contributed by atoms with Gasteiger partial charge in [0, 0.05) is 31.9 Å². The second-order valence-corrected chi connectivity index (χ2v) is 6.51. The third-order valence-electron chi connectivity index (χ3n) is 4.88. The first-order chi connectivity index (χ1) is 11.3. The summed E-state index contributed by atoms with van der Waals surface area (Å²) in [5.41, 5.74) is 1.05. The molecule has 5 heteroatoms. The Bertz CT molecular complexity index is 482. The molecule has 3 rings (SSSR count). The number of aromatic nitrogens is 1. The Morgan fingerprint density at radius 3 is 2.70 bits per heavy atom. The third-order valence-corrected chi connectivity index (χ3v) is 4.88. The van der Waals surface area contributed by atoms with Crippen molar-refractivity contribution in [3.63, 3.8) is 0 Å². The average molecular weight is 317 g/mol. The lowest BCUT2D eigenvalue weighted by atomic mass is 9.94. The van der Waals surface area contributed by atoms with Crippen molar-refractivity contribution in [1.29, 1.82) is 0 Å². The van der Waals surface area contributed by atoms with Crippen LogP contribution in [0.25, 0.3) is 0 Å². The molecular formula is C18H27N3O2. The Morgan fingerprint density at radius 2 is 2.00 bits per heavy atom. The Kier molecular flexibility index (Phi) is 6.00. The fourth-order valence-electron chi connectivity index (χ4n) is 3.55. The molecule has 0 bridgehead atoms. The monoisotopic (exact) mass is 317 g/mol. The van der Waals surface area contributed by atoms with Crippen molar-refractivity contribution in [1.82, 2.24) is 14.8 Å². The molecular weight excluding hydrogens is 290 g/mol. The molecule has 0 aromatic carbocycles.